The minimum absolute atomic E-state index is 0.108. The summed E-state index contributed by atoms with van der Waals surface area (Å²) in [5, 5.41) is 0. The second kappa shape index (κ2) is 7.53. The highest BCUT2D eigenvalue weighted by Gasteiger charge is 2.08. The lowest BCUT2D eigenvalue weighted by molar-refractivity contribution is 0.593. The molecule has 2 rings (SSSR count). The molecule has 0 bridgehead atoms. The van der Waals surface area contributed by atoms with E-state index in [1.807, 2.05) is 45.0 Å². The quantitative estimate of drug-likeness (QED) is 0.577. The van der Waals surface area contributed by atoms with E-state index < -0.39 is 0 Å². The molecule has 0 spiro atoms. The van der Waals surface area contributed by atoms with Crippen molar-refractivity contribution < 1.29 is 8.78 Å². The Morgan fingerprint density at radius 2 is 1.59 bits per heavy atom. The van der Waals surface area contributed by atoms with Crippen molar-refractivity contribution in [1.29, 1.82) is 0 Å². The molecule has 0 saturated carbocycles. The van der Waals surface area contributed by atoms with Crippen LogP contribution in [-0.4, -0.2) is 0 Å². The highest BCUT2D eigenvalue weighted by atomic mass is 19.1. The van der Waals surface area contributed by atoms with Crippen LogP contribution in [-0.2, 0) is 12.8 Å². The summed E-state index contributed by atoms with van der Waals surface area (Å²) >= 11 is 0. The smallest absolute Gasteiger partial charge is 0.126 e. The number of aryl methyl sites for hydroxylation is 3. The van der Waals surface area contributed by atoms with Crippen LogP contribution in [0.2, 0.25) is 0 Å². The van der Waals surface area contributed by atoms with Crippen LogP contribution < -0.4 is 0 Å². The molecule has 2 aromatic rings. The van der Waals surface area contributed by atoms with Crippen molar-refractivity contribution in [1.82, 2.24) is 0 Å². The van der Waals surface area contributed by atoms with Crippen molar-refractivity contribution in [3.63, 3.8) is 0 Å². The molecule has 0 nitrogen and oxygen atoms in total. The van der Waals surface area contributed by atoms with Crippen molar-refractivity contribution in [3.8, 4) is 0 Å². The molecule has 2 aromatic carbocycles. The van der Waals surface area contributed by atoms with E-state index in [0.717, 1.165) is 47.9 Å². The Morgan fingerprint density at radius 1 is 0.864 bits per heavy atom. The predicted octanol–water partition coefficient (Wildman–Crippen LogP) is 5.96. The Balaban J connectivity index is 1.87. The molecular weight excluding hydrogens is 278 g/mol. The van der Waals surface area contributed by atoms with Gasteiger partial charge in [-0.3, -0.25) is 0 Å². The van der Waals surface area contributed by atoms with Crippen LogP contribution in [0.1, 0.15) is 54.9 Å². The molecule has 2 heteroatoms. The van der Waals surface area contributed by atoms with E-state index in [1.54, 1.807) is 12.1 Å². The fourth-order valence-corrected chi connectivity index (χ4v) is 2.69. The standard InChI is InChI=1S/C20H24F2/c1-14(2)18-13-16(9-11-19(18)21)6-4-5-7-17-10-8-15(3)12-20(17)22/h8-14H,4-7H2,1-3H3. The molecular formula is C20H24F2. The molecule has 0 N–H and O–H groups in total. The average Bonchev–Trinajstić information content (AvgIpc) is 2.46. The molecule has 118 valence electrons. The van der Waals surface area contributed by atoms with Gasteiger partial charge < -0.3 is 0 Å². The Morgan fingerprint density at radius 3 is 2.27 bits per heavy atom. The third kappa shape index (κ3) is 4.40. The van der Waals surface area contributed by atoms with Crippen LogP contribution in [0.5, 0.6) is 0 Å². The van der Waals surface area contributed by atoms with Gasteiger partial charge in [-0.2, -0.15) is 0 Å². The first-order chi connectivity index (χ1) is 10.5. The van der Waals surface area contributed by atoms with Gasteiger partial charge in [0.15, 0.2) is 0 Å². The molecule has 22 heavy (non-hydrogen) atoms. The summed E-state index contributed by atoms with van der Waals surface area (Å²) in [5.74, 6) is -0.0362. The van der Waals surface area contributed by atoms with Gasteiger partial charge in [-0.05, 0) is 72.9 Å². The fourth-order valence-electron chi connectivity index (χ4n) is 2.69. The average molecular weight is 302 g/mol. The summed E-state index contributed by atoms with van der Waals surface area (Å²) < 4.78 is 27.4. The molecule has 0 amide bonds. The molecule has 0 fully saturated rings. The summed E-state index contributed by atoms with van der Waals surface area (Å²) in [5.41, 5.74) is 3.68. The Labute approximate surface area is 132 Å². The Kier molecular flexibility index (Phi) is 5.70. The zero-order valence-corrected chi connectivity index (χ0v) is 13.6. The van der Waals surface area contributed by atoms with Gasteiger partial charge in [0.1, 0.15) is 11.6 Å². The summed E-state index contributed by atoms with van der Waals surface area (Å²) in [7, 11) is 0. The fraction of sp³-hybridized carbons (Fsp3) is 0.400. The van der Waals surface area contributed by atoms with Gasteiger partial charge in [0.05, 0.1) is 0 Å². The van der Waals surface area contributed by atoms with Crippen LogP contribution in [0.4, 0.5) is 8.78 Å². The Hall–Kier alpha value is -1.70. The summed E-state index contributed by atoms with van der Waals surface area (Å²) in [6, 6.07) is 10.8. The number of halogens is 2. The third-order valence-corrected chi connectivity index (χ3v) is 4.05. The van der Waals surface area contributed by atoms with Crippen molar-refractivity contribution in [2.24, 2.45) is 0 Å². The topological polar surface area (TPSA) is 0 Å². The number of unbranched alkanes of at least 4 members (excludes halogenated alkanes) is 1. The SMILES string of the molecule is Cc1ccc(CCCCc2ccc(F)c(C(C)C)c2)c(F)c1. The lowest BCUT2D eigenvalue weighted by Gasteiger charge is -2.10. The largest absolute Gasteiger partial charge is 0.207 e. The predicted molar refractivity (Wildman–Crippen MR) is 88.3 cm³/mol. The zero-order valence-electron chi connectivity index (χ0n) is 13.6. The van der Waals surface area contributed by atoms with E-state index in [9.17, 15) is 8.78 Å². The van der Waals surface area contributed by atoms with E-state index in [-0.39, 0.29) is 17.6 Å². The minimum Gasteiger partial charge on any atom is -0.207 e. The lowest BCUT2D eigenvalue weighted by Crippen LogP contribution is -1.97. The molecule has 0 heterocycles. The van der Waals surface area contributed by atoms with Crippen LogP contribution in [0.3, 0.4) is 0 Å². The van der Waals surface area contributed by atoms with E-state index in [1.165, 1.54) is 0 Å². The van der Waals surface area contributed by atoms with Crippen molar-refractivity contribution in [2.75, 3.05) is 0 Å². The third-order valence-electron chi connectivity index (χ3n) is 4.05. The number of hydrogen-bond donors (Lipinski definition) is 0. The molecule has 0 atom stereocenters. The molecule has 0 aromatic heterocycles. The van der Waals surface area contributed by atoms with E-state index in [4.69, 9.17) is 0 Å². The van der Waals surface area contributed by atoms with Crippen LogP contribution >= 0.6 is 0 Å². The van der Waals surface area contributed by atoms with Gasteiger partial charge in [0, 0.05) is 0 Å². The van der Waals surface area contributed by atoms with E-state index in [0.29, 0.717) is 0 Å². The zero-order chi connectivity index (χ0) is 16.1. The number of benzene rings is 2. The highest BCUT2D eigenvalue weighted by Crippen LogP contribution is 2.21. The van der Waals surface area contributed by atoms with Crippen molar-refractivity contribution in [2.45, 2.75) is 52.4 Å². The minimum atomic E-state index is -0.125. The Bertz CT molecular complexity index is 630. The molecule has 0 aliphatic heterocycles. The normalized spacial score (nSPS) is 11.2. The maximum Gasteiger partial charge on any atom is 0.126 e. The van der Waals surface area contributed by atoms with Gasteiger partial charge in [0.25, 0.3) is 0 Å². The first kappa shape index (κ1) is 16.7. The molecule has 0 aliphatic rings. The van der Waals surface area contributed by atoms with Crippen molar-refractivity contribution >= 4 is 0 Å². The molecule has 0 unspecified atom stereocenters. The van der Waals surface area contributed by atoms with Gasteiger partial charge in [0.2, 0.25) is 0 Å². The van der Waals surface area contributed by atoms with Gasteiger partial charge in [-0.1, -0.05) is 38.1 Å². The van der Waals surface area contributed by atoms with Crippen LogP contribution in [0.15, 0.2) is 36.4 Å². The molecule has 0 aliphatic carbocycles. The first-order valence-corrected chi connectivity index (χ1v) is 8.00. The van der Waals surface area contributed by atoms with Gasteiger partial charge >= 0.3 is 0 Å². The maximum absolute atomic E-state index is 13.7. The first-order valence-electron chi connectivity index (χ1n) is 8.00. The number of rotatable bonds is 6. The number of hydrogen-bond acceptors (Lipinski definition) is 0. The van der Waals surface area contributed by atoms with E-state index in [2.05, 4.69) is 0 Å². The summed E-state index contributed by atoms with van der Waals surface area (Å²) in [6.07, 6.45) is 3.59. The van der Waals surface area contributed by atoms with E-state index >= 15 is 0 Å². The molecule has 0 radical (unpaired) electrons. The molecule has 0 saturated heterocycles. The second-order valence-corrected chi connectivity index (χ2v) is 6.31. The monoisotopic (exact) mass is 302 g/mol. The summed E-state index contributed by atoms with van der Waals surface area (Å²) in [4.78, 5) is 0. The van der Waals surface area contributed by atoms with Crippen LogP contribution in [0, 0.1) is 18.6 Å². The maximum atomic E-state index is 13.7. The van der Waals surface area contributed by atoms with Crippen LogP contribution in [0.25, 0.3) is 0 Å². The highest BCUT2D eigenvalue weighted by molar-refractivity contribution is 5.27. The summed E-state index contributed by atoms with van der Waals surface area (Å²) in [6.45, 7) is 5.90. The van der Waals surface area contributed by atoms with Gasteiger partial charge in [-0.15, -0.1) is 0 Å². The lowest BCUT2D eigenvalue weighted by atomic mass is 9.97. The second-order valence-electron chi connectivity index (χ2n) is 6.31. The van der Waals surface area contributed by atoms with Crippen molar-refractivity contribution in [3.05, 3.63) is 70.3 Å². The van der Waals surface area contributed by atoms with Gasteiger partial charge in [-0.25, -0.2) is 8.78 Å².